The summed E-state index contributed by atoms with van der Waals surface area (Å²) in [4.78, 5) is 9.67. The number of benzene rings is 5. The molecule has 0 amide bonds. The zero-order chi connectivity index (χ0) is 25.5. The van der Waals surface area contributed by atoms with E-state index in [0.29, 0.717) is 0 Å². The first-order valence-electron chi connectivity index (χ1n) is 13.3. The maximum absolute atomic E-state index is 4.78. The Bertz CT molecular complexity index is 2000. The van der Waals surface area contributed by atoms with E-state index >= 15 is 0 Å². The van der Waals surface area contributed by atoms with Crippen molar-refractivity contribution < 1.29 is 0 Å². The second-order valence-electron chi connectivity index (χ2n) is 10.1. The molecule has 0 bridgehead atoms. The normalized spacial score (nSPS) is 13.5. The lowest BCUT2D eigenvalue weighted by molar-refractivity contribution is 1.09. The molecular weight excluding hydrogens is 477 g/mol. The molecule has 2 aliphatic heterocycles. The van der Waals surface area contributed by atoms with Crippen LogP contribution in [0.2, 0.25) is 0 Å². The highest BCUT2D eigenvalue weighted by Crippen LogP contribution is 2.52. The quantitative estimate of drug-likeness (QED) is 0.228. The molecule has 182 valence electrons. The maximum atomic E-state index is 4.78. The third-order valence-electron chi connectivity index (χ3n) is 8.13. The fourth-order valence-corrected chi connectivity index (χ4v) is 6.56. The first-order valence-corrected chi connectivity index (χ1v) is 13.3. The number of hydrogen-bond donors (Lipinski definition) is 0. The van der Waals surface area contributed by atoms with Crippen LogP contribution in [0.1, 0.15) is 0 Å². The van der Waals surface area contributed by atoms with Crippen LogP contribution in [0.15, 0.2) is 134 Å². The lowest BCUT2D eigenvalue weighted by atomic mass is 9.82. The Morgan fingerprint density at radius 2 is 1.23 bits per heavy atom. The van der Waals surface area contributed by atoms with Crippen molar-refractivity contribution in [2.24, 2.45) is 0 Å². The third-order valence-corrected chi connectivity index (χ3v) is 8.13. The minimum Gasteiger partial charge on any atom is -0.344 e. The molecule has 0 saturated heterocycles. The van der Waals surface area contributed by atoms with Gasteiger partial charge < -0.3 is 18.7 Å². The fourth-order valence-electron chi connectivity index (χ4n) is 6.56. The average Bonchev–Trinajstić information content (AvgIpc) is 3.70. The highest BCUT2D eigenvalue weighted by molar-refractivity contribution is 6.73. The molecular formula is C33H22BN5. The van der Waals surface area contributed by atoms with Gasteiger partial charge in [0.25, 0.3) is 0 Å². The molecule has 0 N–H and O–H groups in total. The Morgan fingerprint density at radius 1 is 0.538 bits per heavy atom. The predicted molar refractivity (Wildman–Crippen MR) is 160 cm³/mol. The van der Waals surface area contributed by atoms with E-state index in [9.17, 15) is 0 Å². The molecule has 9 rings (SSSR count). The van der Waals surface area contributed by atoms with Gasteiger partial charge in [-0.1, -0.05) is 66.7 Å². The second-order valence-corrected chi connectivity index (χ2v) is 10.1. The molecule has 0 radical (unpaired) electrons. The Kier molecular flexibility index (Phi) is 4.08. The summed E-state index contributed by atoms with van der Waals surface area (Å²) in [6.45, 7) is 0. The summed E-state index contributed by atoms with van der Waals surface area (Å²) in [5.41, 5.74) is 9.38. The highest BCUT2D eigenvalue weighted by Gasteiger charge is 2.49. The number of para-hydroxylation sites is 4. The topological polar surface area (TPSA) is 29.2 Å². The number of hydrogen-bond acceptors (Lipinski definition) is 3. The summed E-state index contributed by atoms with van der Waals surface area (Å²) in [7, 11) is -0.0943. The Balaban J connectivity index is 1.35. The molecule has 0 fully saturated rings. The number of anilines is 4. The van der Waals surface area contributed by atoms with Crippen molar-refractivity contribution in [1.29, 1.82) is 0 Å². The predicted octanol–water partition coefficient (Wildman–Crippen LogP) is 7.78. The van der Waals surface area contributed by atoms with E-state index in [1.807, 2.05) is 6.20 Å². The maximum Gasteiger partial charge on any atom is 0.519 e. The van der Waals surface area contributed by atoms with Gasteiger partial charge in [0, 0.05) is 45.8 Å². The van der Waals surface area contributed by atoms with Crippen molar-refractivity contribution in [3.63, 3.8) is 0 Å². The van der Waals surface area contributed by atoms with Gasteiger partial charge in [-0.05, 0) is 54.6 Å². The van der Waals surface area contributed by atoms with Crippen molar-refractivity contribution >= 4 is 51.7 Å². The molecule has 39 heavy (non-hydrogen) atoms. The summed E-state index contributed by atoms with van der Waals surface area (Å²) in [6, 6.07) is 43.5. The number of nitrogens with zero attached hydrogens (tertiary/aromatic N) is 5. The van der Waals surface area contributed by atoms with E-state index in [0.717, 1.165) is 22.8 Å². The minimum absolute atomic E-state index is 0.0943. The molecule has 7 aromatic rings. The number of aromatic nitrogens is 3. The van der Waals surface area contributed by atoms with Crippen LogP contribution < -0.4 is 9.62 Å². The standard InChI is InChI=1S/C33H22BN5/c1-2-10-23(11-3-1)38-31-19-18-24(37-28-15-7-4-12-25(28)26-13-5-8-16-29(26)37)22-32(31)39-30-17-9-6-14-27(30)33-35-20-21-36(33)34(38)39/h1-22H. The van der Waals surface area contributed by atoms with E-state index in [-0.39, 0.29) is 7.12 Å². The molecule has 0 saturated carbocycles. The van der Waals surface area contributed by atoms with Gasteiger partial charge in [-0.15, -0.1) is 0 Å². The largest absolute Gasteiger partial charge is 0.519 e. The van der Waals surface area contributed by atoms with Gasteiger partial charge in [-0.3, -0.25) is 0 Å². The van der Waals surface area contributed by atoms with Gasteiger partial charge in [-0.2, -0.15) is 0 Å². The van der Waals surface area contributed by atoms with Gasteiger partial charge in [0.05, 0.1) is 22.4 Å². The molecule has 5 aromatic carbocycles. The zero-order valence-electron chi connectivity index (χ0n) is 21.0. The van der Waals surface area contributed by atoms with Crippen LogP contribution in [0.3, 0.4) is 0 Å². The summed E-state index contributed by atoms with van der Waals surface area (Å²) in [5, 5.41) is 2.53. The molecule has 6 heteroatoms. The Morgan fingerprint density at radius 3 is 2.03 bits per heavy atom. The lowest BCUT2D eigenvalue weighted by Crippen LogP contribution is -2.51. The fraction of sp³-hybridized carbons (Fsp3) is 0. The Hall–Kier alpha value is -5.23. The van der Waals surface area contributed by atoms with Crippen molar-refractivity contribution in [3.05, 3.63) is 134 Å². The molecule has 2 aromatic heterocycles. The van der Waals surface area contributed by atoms with Crippen molar-refractivity contribution in [2.75, 3.05) is 9.62 Å². The number of imidazole rings is 1. The molecule has 0 atom stereocenters. The molecule has 5 nitrogen and oxygen atoms in total. The van der Waals surface area contributed by atoms with Crippen LogP contribution in [0.5, 0.6) is 0 Å². The van der Waals surface area contributed by atoms with Crippen LogP contribution in [0.25, 0.3) is 38.9 Å². The molecule has 4 heterocycles. The minimum atomic E-state index is -0.0943. The first-order chi connectivity index (χ1) is 19.4. The van der Waals surface area contributed by atoms with Crippen LogP contribution in [-0.4, -0.2) is 21.1 Å². The second kappa shape index (κ2) is 7.65. The van der Waals surface area contributed by atoms with Crippen LogP contribution in [0.4, 0.5) is 22.7 Å². The molecule has 2 aliphatic rings. The van der Waals surface area contributed by atoms with Gasteiger partial charge >= 0.3 is 7.12 Å². The van der Waals surface area contributed by atoms with Gasteiger partial charge in [-0.25, -0.2) is 4.98 Å². The SMILES string of the molecule is c1ccc(N2B3N(c4ccccc4-c4nccn43)c3cc(-n4c5ccccc5c5ccccc54)ccc32)cc1. The van der Waals surface area contributed by atoms with Crippen molar-refractivity contribution in [1.82, 2.24) is 14.0 Å². The van der Waals surface area contributed by atoms with E-state index in [4.69, 9.17) is 4.98 Å². The van der Waals surface area contributed by atoms with Gasteiger partial charge in [0.15, 0.2) is 0 Å². The molecule has 0 unspecified atom stereocenters. The number of fused-ring (bicyclic) bond motifs is 11. The summed E-state index contributed by atoms with van der Waals surface area (Å²) in [6.07, 6.45) is 4.00. The highest BCUT2D eigenvalue weighted by atomic mass is 15.4. The monoisotopic (exact) mass is 499 g/mol. The third kappa shape index (κ3) is 2.72. The molecule has 0 spiro atoms. The van der Waals surface area contributed by atoms with E-state index < -0.39 is 0 Å². The summed E-state index contributed by atoms with van der Waals surface area (Å²) < 4.78 is 4.68. The zero-order valence-corrected chi connectivity index (χ0v) is 21.0. The molecule has 0 aliphatic carbocycles. The smallest absolute Gasteiger partial charge is 0.344 e. The van der Waals surface area contributed by atoms with Crippen molar-refractivity contribution in [3.8, 4) is 17.1 Å². The summed E-state index contributed by atoms with van der Waals surface area (Å²) >= 11 is 0. The number of rotatable bonds is 2. The van der Waals surface area contributed by atoms with Gasteiger partial charge in [0.2, 0.25) is 0 Å². The van der Waals surface area contributed by atoms with E-state index in [1.54, 1.807) is 0 Å². The first kappa shape index (κ1) is 20.8. The van der Waals surface area contributed by atoms with Crippen LogP contribution in [0, 0.1) is 0 Å². The van der Waals surface area contributed by atoms with E-state index in [1.165, 1.54) is 38.9 Å². The van der Waals surface area contributed by atoms with Crippen LogP contribution in [-0.2, 0) is 0 Å². The van der Waals surface area contributed by atoms with E-state index in [2.05, 4.69) is 146 Å². The van der Waals surface area contributed by atoms with Crippen molar-refractivity contribution in [2.45, 2.75) is 0 Å². The van der Waals surface area contributed by atoms with Gasteiger partial charge in [0.1, 0.15) is 5.82 Å². The summed E-state index contributed by atoms with van der Waals surface area (Å²) in [5.74, 6) is 0.989. The Labute approximate surface area is 225 Å². The van der Waals surface area contributed by atoms with Crippen LogP contribution >= 0.6 is 0 Å². The average molecular weight is 499 g/mol. The lowest BCUT2D eigenvalue weighted by Gasteiger charge is -2.35.